The fourth-order valence-electron chi connectivity index (χ4n) is 4.44. The predicted molar refractivity (Wildman–Crippen MR) is 140 cm³/mol. The highest BCUT2D eigenvalue weighted by Gasteiger charge is 2.30. The van der Waals surface area contributed by atoms with Crippen LogP contribution in [0.25, 0.3) is 11.2 Å². The molecule has 3 aromatic rings. The van der Waals surface area contributed by atoms with Crippen molar-refractivity contribution in [3.05, 3.63) is 51.4 Å². The molecule has 1 N–H and O–H groups in total. The summed E-state index contributed by atoms with van der Waals surface area (Å²) in [6.45, 7) is 9.26. The molecule has 2 aromatic heterocycles. The highest BCUT2D eigenvalue weighted by atomic mass is 16.6. The topological polar surface area (TPSA) is 124 Å². The Bertz CT molecular complexity index is 1450. The average molecular weight is 512 g/mol. The van der Waals surface area contributed by atoms with Crippen LogP contribution in [0.3, 0.4) is 0 Å². The molecular weight excluding hydrogens is 478 g/mol. The molecule has 1 aliphatic rings. The molecule has 0 saturated carbocycles. The van der Waals surface area contributed by atoms with Crippen molar-refractivity contribution in [3.8, 4) is 0 Å². The van der Waals surface area contributed by atoms with Crippen LogP contribution in [0.5, 0.6) is 0 Å². The maximum Gasteiger partial charge on any atom is 0.410 e. The molecule has 3 heterocycles. The first kappa shape index (κ1) is 26.0. The number of ether oxygens (including phenoxy) is 1. The molecule has 1 atom stereocenters. The minimum atomic E-state index is -0.532. The van der Waals surface area contributed by atoms with Crippen LogP contribution in [0.2, 0.25) is 0 Å². The molecule has 1 aliphatic heterocycles. The van der Waals surface area contributed by atoms with Gasteiger partial charge in [0.15, 0.2) is 11.2 Å². The standard InChI is InChI=1S/C25H33N7O5/c1-16-13-30(24(36)37-25(2,3)4)11-12-32(16)18-9-7-17(8-10-18)27-19(33)14-31-15-26-21-20(31)22(34)29(6)23(35)28(21)5/h7-10,15-16H,11-14H2,1-6H3,(H,27,33)/t16-/m0/s1. The van der Waals surface area contributed by atoms with Gasteiger partial charge in [0.2, 0.25) is 5.91 Å². The first-order chi connectivity index (χ1) is 17.4. The van der Waals surface area contributed by atoms with Crippen molar-refractivity contribution in [2.45, 2.75) is 45.9 Å². The number of rotatable bonds is 4. The third-order valence-corrected chi connectivity index (χ3v) is 6.29. The first-order valence-corrected chi connectivity index (χ1v) is 12.1. The van der Waals surface area contributed by atoms with Crippen LogP contribution in [0.4, 0.5) is 16.2 Å². The molecule has 1 aromatic carbocycles. The lowest BCUT2D eigenvalue weighted by Gasteiger charge is -2.41. The van der Waals surface area contributed by atoms with Crippen LogP contribution in [0.1, 0.15) is 27.7 Å². The number of hydrogen-bond acceptors (Lipinski definition) is 7. The number of anilines is 2. The minimum absolute atomic E-state index is 0.0924. The highest BCUT2D eigenvalue weighted by Crippen LogP contribution is 2.24. The molecule has 37 heavy (non-hydrogen) atoms. The summed E-state index contributed by atoms with van der Waals surface area (Å²) < 4.78 is 9.20. The number of carbonyl (C=O) groups excluding carboxylic acids is 2. The van der Waals surface area contributed by atoms with Gasteiger partial charge in [0.1, 0.15) is 12.1 Å². The summed E-state index contributed by atoms with van der Waals surface area (Å²) in [6.07, 6.45) is 1.08. The molecule has 1 saturated heterocycles. The molecule has 0 radical (unpaired) electrons. The van der Waals surface area contributed by atoms with Crippen molar-refractivity contribution in [2.24, 2.45) is 14.1 Å². The lowest BCUT2D eigenvalue weighted by molar-refractivity contribution is -0.116. The van der Waals surface area contributed by atoms with E-state index in [2.05, 4.69) is 22.1 Å². The van der Waals surface area contributed by atoms with Gasteiger partial charge in [-0.05, 0) is 52.0 Å². The zero-order chi connectivity index (χ0) is 27.1. The van der Waals surface area contributed by atoms with Gasteiger partial charge >= 0.3 is 11.8 Å². The number of imidazole rings is 1. The number of piperazine rings is 1. The Hall–Kier alpha value is -4.09. The summed E-state index contributed by atoms with van der Waals surface area (Å²) in [5.41, 5.74) is 0.496. The fraction of sp³-hybridized carbons (Fsp3) is 0.480. The van der Waals surface area contributed by atoms with Crippen molar-refractivity contribution >= 4 is 34.5 Å². The summed E-state index contributed by atoms with van der Waals surface area (Å²) in [7, 11) is 2.92. The summed E-state index contributed by atoms with van der Waals surface area (Å²) in [5.74, 6) is -0.331. The number of nitrogens with one attached hydrogen (secondary N) is 1. The smallest absolute Gasteiger partial charge is 0.410 e. The number of carbonyl (C=O) groups is 2. The summed E-state index contributed by atoms with van der Waals surface area (Å²) in [4.78, 5) is 57.9. The van der Waals surface area contributed by atoms with Gasteiger partial charge in [-0.15, -0.1) is 0 Å². The summed E-state index contributed by atoms with van der Waals surface area (Å²) in [6, 6.07) is 7.57. The SMILES string of the molecule is C[C@H]1CN(C(=O)OC(C)(C)C)CCN1c1ccc(NC(=O)Cn2cnc3c2c(=O)n(C)c(=O)n3C)cc1. The van der Waals surface area contributed by atoms with Crippen molar-refractivity contribution in [1.82, 2.24) is 23.6 Å². The monoisotopic (exact) mass is 511 g/mol. The average Bonchev–Trinajstić information content (AvgIpc) is 3.24. The van der Waals surface area contributed by atoms with E-state index in [9.17, 15) is 19.2 Å². The summed E-state index contributed by atoms with van der Waals surface area (Å²) >= 11 is 0. The lowest BCUT2D eigenvalue weighted by atomic mass is 10.1. The predicted octanol–water partition coefficient (Wildman–Crippen LogP) is 1.52. The highest BCUT2D eigenvalue weighted by molar-refractivity contribution is 5.91. The van der Waals surface area contributed by atoms with Crippen LogP contribution in [-0.2, 0) is 30.2 Å². The van der Waals surface area contributed by atoms with Crippen LogP contribution in [0, 0.1) is 0 Å². The van der Waals surface area contributed by atoms with E-state index in [1.807, 2.05) is 45.0 Å². The van der Waals surface area contributed by atoms with E-state index in [-0.39, 0.29) is 35.8 Å². The van der Waals surface area contributed by atoms with E-state index in [0.717, 1.165) is 10.3 Å². The number of amides is 2. The molecule has 0 bridgehead atoms. The van der Waals surface area contributed by atoms with Gasteiger partial charge in [0.25, 0.3) is 5.56 Å². The molecule has 0 aliphatic carbocycles. The van der Waals surface area contributed by atoms with E-state index in [1.165, 1.54) is 29.6 Å². The Balaban J connectivity index is 1.40. The van der Waals surface area contributed by atoms with E-state index in [1.54, 1.807) is 4.90 Å². The molecule has 12 nitrogen and oxygen atoms in total. The number of nitrogens with zero attached hydrogens (tertiary/aromatic N) is 6. The van der Waals surface area contributed by atoms with Gasteiger partial charge in [0.05, 0.1) is 6.33 Å². The Morgan fingerprint density at radius 3 is 2.38 bits per heavy atom. The second kappa shape index (κ2) is 9.75. The number of benzene rings is 1. The zero-order valence-electron chi connectivity index (χ0n) is 22.0. The largest absolute Gasteiger partial charge is 0.444 e. The first-order valence-electron chi connectivity index (χ1n) is 12.1. The van der Waals surface area contributed by atoms with Gasteiger partial charge in [-0.25, -0.2) is 14.6 Å². The quantitative estimate of drug-likeness (QED) is 0.563. The summed E-state index contributed by atoms with van der Waals surface area (Å²) in [5, 5.41) is 2.84. The van der Waals surface area contributed by atoms with Gasteiger partial charge < -0.3 is 24.4 Å². The van der Waals surface area contributed by atoms with E-state index < -0.39 is 16.9 Å². The zero-order valence-corrected chi connectivity index (χ0v) is 22.0. The van der Waals surface area contributed by atoms with Gasteiger partial charge in [0, 0.05) is 51.1 Å². The lowest BCUT2D eigenvalue weighted by Crippen LogP contribution is -2.54. The molecule has 2 amide bonds. The van der Waals surface area contributed by atoms with Crippen LogP contribution in [-0.4, -0.2) is 66.9 Å². The van der Waals surface area contributed by atoms with Crippen LogP contribution in [0.15, 0.2) is 40.2 Å². The number of aryl methyl sites for hydroxylation is 1. The molecule has 1 fully saturated rings. The second-order valence-electron chi connectivity index (χ2n) is 10.3. The van der Waals surface area contributed by atoms with Gasteiger partial charge in [-0.2, -0.15) is 0 Å². The van der Waals surface area contributed by atoms with Crippen LogP contribution < -0.4 is 21.5 Å². The van der Waals surface area contributed by atoms with E-state index in [4.69, 9.17) is 4.74 Å². The van der Waals surface area contributed by atoms with E-state index in [0.29, 0.717) is 25.3 Å². The molecule has 0 unspecified atom stereocenters. The van der Waals surface area contributed by atoms with Gasteiger partial charge in [-0.3, -0.25) is 18.7 Å². The molecule has 198 valence electrons. The Morgan fingerprint density at radius 2 is 1.76 bits per heavy atom. The maximum atomic E-state index is 12.7. The van der Waals surface area contributed by atoms with Crippen molar-refractivity contribution in [1.29, 1.82) is 0 Å². The fourth-order valence-corrected chi connectivity index (χ4v) is 4.44. The van der Waals surface area contributed by atoms with Gasteiger partial charge in [-0.1, -0.05) is 0 Å². The molecule has 12 heteroatoms. The van der Waals surface area contributed by atoms with E-state index >= 15 is 0 Å². The van der Waals surface area contributed by atoms with Crippen molar-refractivity contribution in [3.63, 3.8) is 0 Å². The van der Waals surface area contributed by atoms with Crippen LogP contribution >= 0.6 is 0 Å². The Morgan fingerprint density at radius 1 is 1.08 bits per heavy atom. The maximum absolute atomic E-state index is 12.7. The van der Waals surface area contributed by atoms with Crippen molar-refractivity contribution < 1.29 is 14.3 Å². The minimum Gasteiger partial charge on any atom is -0.444 e. The molecule has 4 rings (SSSR count). The number of hydrogen-bond donors (Lipinski definition) is 1. The normalized spacial score (nSPS) is 16.2. The second-order valence-corrected chi connectivity index (χ2v) is 10.3. The molecular formula is C25H33N7O5. The third-order valence-electron chi connectivity index (χ3n) is 6.29. The Kier molecular flexibility index (Phi) is 6.85. The third kappa shape index (κ3) is 5.37. The molecule has 0 spiro atoms. The number of fused-ring (bicyclic) bond motifs is 1. The number of aromatic nitrogens is 4. The van der Waals surface area contributed by atoms with Crippen molar-refractivity contribution in [2.75, 3.05) is 29.9 Å². The Labute approximate surface area is 214 Å².